The number of hydrogen-bond acceptors (Lipinski definition) is 7. The van der Waals surface area contributed by atoms with Gasteiger partial charge in [-0.15, -0.1) is 0 Å². The number of alkyl halides is 3. The van der Waals surface area contributed by atoms with E-state index in [2.05, 4.69) is 45.2 Å². The van der Waals surface area contributed by atoms with Crippen molar-refractivity contribution in [2.24, 2.45) is 5.92 Å². The number of halogens is 6. The van der Waals surface area contributed by atoms with Gasteiger partial charge in [-0.1, -0.05) is 0 Å². The second-order valence-corrected chi connectivity index (χ2v) is 12.4. The van der Waals surface area contributed by atoms with Gasteiger partial charge < -0.3 is 14.2 Å². The number of carbonyl (C=O) groups is 2. The average Bonchev–Trinajstić information content (AvgIpc) is 2.71. The normalized spacial score (nSPS) is 24.0. The average molecular weight is 830 g/mol. The molecule has 0 aromatic heterocycles. The first kappa shape index (κ1) is 27.4. The van der Waals surface area contributed by atoms with Gasteiger partial charge in [0.25, 0.3) is 5.79 Å². The number of fused-ring (bicyclic) bond motifs is 1. The van der Waals surface area contributed by atoms with Crippen molar-refractivity contribution in [3.05, 3.63) is 22.3 Å². The third-order valence-corrected chi connectivity index (χ3v) is 10.1. The molecule has 1 fully saturated rings. The minimum atomic E-state index is -5.93. The van der Waals surface area contributed by atoms with Crippen molar-refractivity contribution in [3.8, 4) is 5.75 Å². The Hall–Kier alpha value is -0.150. The summed E-state index contributed by atoms with van der Waals surface area (Å²) in [5.74, 6) is -2.76. The van der Waals surface area contributed by atoms with Crippen molar-refractivity contribution in [1.82, 2.24) is 0 Å². The van der Waals surface area contributed by atoms with Crippen molar-refractivity contribution >= 4 is 89.8 Å². The molecule has 1 atom stereocenters. The molecule has 1 aliphatic carbocycles. The smallest absolute Gasteiger partial charge is 0.400 e. The van der Waals surface area contributed by atoms with Crippen LogP contribution in [0.25, 0.3) is 0 Å². The van der Waals surface area contributed by atoms with Gasteiger partial charge in [-0.25, -0.2) is 9.18 Å². The van der Waals surface area contributed by atoms with Crippen LogP contribution >= 0.6 is 67.8 Å². The van der Waals surface area contributed by atoms with E-state index >= 15 is 0 Å². The zero-order valence-corrected chi connectivity index (χ0v) is 23.7. The molecule has 1 unspecified atom stereocenters. The lowest BCUT2D eigenvalue weighted by atomic mass is 9.84. The molecule has 1 N–H and O–H groups in total. The molecule has 1 heterocycles. The Morgan fingerprint density at radius 3 is 2.42 bits per heavy atom. The third kappa shape index (κ3) is 5.65. The largest absolute Gasteiger partial charge is 0.465 e. The van der Waals surface area contributed by atoms with Crippen LogP contribution in [0.1, 0.15) is 42.5 Å². The van der Waals surface area contributed by atoms with Crippen LogP contribution in [0.15, 0.2) is 6.07 Å². The number of esters is 2. The number of carbonyl (C=O) groups excluding carboxylic acids is 2. The van der Waals surface area contributed by atoms with Crippen LogP contribution in [0.3, 0.4) is 0 Å². The Bertz CT molecular complexity index is 1070. The topological polar surface area (TPSA) is 116 Å². The van der Waals surface area contributed by atoms with Crippen molar-refractivity contribution in [1.29, 1.82) is 0 Å². The summed E-state index contributed by atoms with van der Waals surface area (Å²) < 4.78 is 88.3. The molecule has 3 rings (SSSR count). The maximum absolute atomic E-state index is 13.5. The van der Waals surface area contributed by atoms with Crippen molar-refractivity contribution in [2.75, 3.05) is 6.61 Å². The van der Waals surface area contributed by atoms with Gasteiger partial charge in [-0.05, 0) is 86.7 Å². The van der Waals surface area contributed by atoms with E-state index < -0.39 is 58.2 Å². The van der Waals surface area contributed by atoms with Crippen molar-refractivity contribution in [2.45, 2.75) is 49.3 Å². The number of hydrogen-bond donors (Lipinski definition) is 1. The molecule has 1 aromatic carbocycles. The van der Waals surface area contributed by atoms with Gasteiger partial charge in [0.05, 0.1) is 16.1 Å². The monoisotopic (exact) mass is 830 g/mol. The zero-order chi connectivity index (χ0) is 24.8. The van der Waals surface area contributed by atoms with E-state index in [1.807, 2.05) is 28.7 Å². The van der Waals surface area contributed by atoms with Crippen LogP contribution in [-0.4, -0.2) is 48.7 Å². The lowest BCUT2D eigenvalue weighted by Gasteiger charge is -2.42. The predicted molar refractivity (Wildman–Crippen MR) is 132 cm³/mol. The molecule has 1 saturated carbocycles. The van der Waals surface area contributed by atoms with Crippen molar-refractivity contribution < 1.29 is 49.9 Å². The molecular formula is C18H16F3I3O8S. The highest BCUT2D eigenvalue weighted by molar-refractivity contribution is 14.1. The van der Waals surface area contributed by atoms with Crippen LogP contribution < -0.4 is 4.74 Å². The molecule has 0 bridgehead atoms. The maximum atomic E-state index is 13.5. The molecule has 1 aromatic rings. The summed E-state index contributed by atoms with van der Waals surface area (Å²) in [7, 11) is -5.93. The number of ether oxygens (including phenoxy) is 3. The van der Waals surface area contributed by atoms with E-state index in [1.54, 1.807) is 0 Å². The molecule has 0 radical (unpaired) electrons. The summed E-state index contributed by atoms with van der Waals surface area (Å²) in [5, 5.41) is -5.00. The fraction of sp³-hybridized carbons (Fsp3) is 0.556. The summed E-state index contributed by atoms with van der Waals surface area (Å²) in [5.41, 5.74) is 0.349. The van der Waals surface area contributed by atoms with Gasteiger partial charge >= 0.3 is 27.3 Å². The Labute approximate surface area is 227 Å². The van der Waals surface area contributed by atoms with Crippen LogP contribution in [-0.2, 0) is 24.4 Å². The third-order valence-electron chi connectivity index (χ3n) is 5.30. The number of benzene rings is 1. The van der Waals surface area contributed by atoms with E-state index in [-0.39, 0.29) is 25.7 Å². The fourth-order valence-corrected chi connectivity index (χ4v) is 6.43. The molecule has 1 spiro atoms. The van der Waals surface area contributed by atoms with Crippen LogP contribution in [0.5, 0.6) is 5.75 Å². The molecule has 15 heteroatoms. The van der Waals surface area contributed by atoms with E-state index in [9.17, 15) is 31.2 Å². The quantitative estimate of drug-likeness (QED) is 0.190. The van der Waals surface area contributed by atoms with Crippen LogP contribution in [0.2, 0.25) is 0 Å². The lowest BCUT2D eigenvalue weighted by molar-refractivity contribution is -0.184. The minimum Gasteiger partial charge on any atom is -0.465 e. The summed E-state index contributed by atoms with van der Waals surface area (Å²) in [6.45, 7) is -0.791. The summed E-state index contributed by atoms with van der Waals surface area (Å²) in [6, 6.07) is 1.88. The standard InChI is InChI=1S/C18H16F3I3O8S/c19-11(18(20,21)33(27,28)29)3-6-30-15(25)8-1-4-17(5-2-8)31-14-10(23)7-9(22)13(24)12(14)16(26)32-17/h7-8,11H,1-6H2,(H,27,28,29). The van der Waals surface area contributed by atoms with Gasteiger partial charge in [0.1, 0.15) is 5.56 Å². The molecular weight excluding hydrogens is 814 g/mol. The molecule has 0 saturated heterocycles. The van der Waals surface area contributed by atoms with Crippen LogP contribution in [0.4, 0.5) is 13.2 Å². The second-order valence-electron chi connectivity index (χ2n) is 7.50. The highest BCUT2D eigenvalue weighted by Crippen LogP contribution is 2.45. The summed E-state index contributed by atoms with van der Waals surface area (Å²) >= 11 is 6.22. The Balaban J connectivity index is 1.57. The van der Waals surface area contributed by atoms with Gasteiger partial charge in [0.15, 0.2) is 11.9 Å². The first-order chi connectivity index (χ1) is 15.2. The van der Waals surface area contributed by atoms with E-state index in [4.69, 9.17) is 18.8 Å². The van der Waals surface area contributed by atoms with E-state index in [1.165, 1.54) is 0 Å². The lowest BCUT2D eigenvalue weighted by Crippen LogP contribution is -2.48. The number of rotatable bonds is 6. The van der Waals surface area contributed by atoms with Crippen molar-refractivity contribution in [3.63, 3.8) is 0 Å². The highest BCUT2D eigenvalue weighted by Gasteiger charge is 2.52. The second kappa shape index (κ2) is 10.1. The molecule has 8 nitrogen and oxygen atoms in total. The Kier molecular flexibility index (Phi) is 8.38. The van der Waals surface area contributed by atoms with E-state index in [0.717, 1.165) is 7.14 Å². The zero-order valence-electron chi connectivity index (χ0n) is 16.5. The molecule has 33 heavy (non-hydrogen) atoms. The highest BCUT2D eigenvalue weighted by atomic mass is 127. The van der Waals surface area contributed by atoms with Crippen LogP contribution in [0, 0.1) is 16.6 Å². The molecule has 0 amide bonds. The van der Waals surface area contributed by atoms with Gasteiger partial charge in [0.2, 0.25) is 0 Å². The Morgan fingerprint density at radius 1 is 1.24 bits per heavy atom. The molecule has 184 valence electrons. The molecule has 1 aliphatic heterocycles. The van der Waals surface area contributed by atoms with E-state index in [0.29, 0.717) is 14.9 Å². The first-order valence-electron chi connectivity index (χ1n) is 9.44. The predicted octanol–water partition coefficient (Wildman–Crippen LogP) is 4.69. The summed E-state index contributed by atoms with van der Waals surface area (Å²) in [6.07, 6.45) is -3.56. The molecule has 2 aliphatic rings. The van der Waals surface area contributed by atoms with Gasteiger partial charge in [-0.3, -0.25) is 9.35 Å². The SMILES string of the molecule is O=C1OC2(CCC(C(=O)OCCC(F)C(F)(F)S(=O)(=O)O)CC2)Oc2c(I)cc(I)c(I)c21. The van der Waals surface area contributed by atoms with Gasteiger partial charge in [-0.2, -0.15) is 17.2 Å². The van der Waals surface area contributed by atoms with Gasteiger partial charge in [0, 0.05) is 26.4 Å². The Morgan fingerprint density at radius 2 is 1.85 bits per heavy atom. The fourth-order valence-electron chi connectivity index (χ4n) is 3.50. The summed E-state index contributed by atoms with van der Waals surface area (Å²) in [4.78, 5) is 24.9. The minimum absolute atomic E-state index is 0.184. The first-order valence-corrected chi connectivity index (χ1v) is 14.1. The maximum Gasteiger partial charge on any atom is 0.400 e.